The lowest BCUT2D eigenvalue weighted by molar-refractivity contribution is -0.139. The van der Waals surface area contributed by atoms with Gasteiger partial charge in [-0.25, -0.2) is 4.79 Å². The molecule has 0 spiro atoms. The number of aromatic nitrogens is 1. The van der Waals surface area contributed by atoms with Gasteiger partial charge < -0.3 is 9.47 Å². The van der Waals surface area contributed by atoms with Crippen LogP contribution in [0.25, 0.3) is 10.9 Å². The van der Waals surface area contributed by atoms with E-state index in [1.807, 2.05) is 24.3 Å². The van der Waals surface area contributed by atoms with Crippen molar-refractivity contribution in [2.24, 2.45) is 5.92 Å². The van der Waals surface area contributed by atoms with Crippen LogP contribution in [-0.4, -0.2) is 30.3 Å². The molecular weight excluding hydrogens is 306 g/mol. The van der Waals surface area contributed by atoms with Gasteiger partial charge in [0.05, 0.1) is 25.7 Å². The number of rotatable bonds is 7. The fraction of sp³-hybridized carbons (Fsp3) is 0.474. The molecule has 130 valence electrons. The van der Waals surface area contributed by atoms with Crippen LogP contribution in [0.4, 0.5) is 4.79 Å². The molecule has 1 unspecified atom stereocenters. The van der Waals surface area contributed by atoms with Crippen LogP contribution in [0.1, 0.15) is 38.7 Å². The van der Waals surface area contributed by atoms with Crippen LogP contribution in [0, 0.1) is 5.92 Å². The van der Waals surface area contributed by atoms with E-state index in [2.05, 4.69) is 13.8 Å². The minimum atomic E-state index is -0.411. The number of methoxy groups -OCH3 is 1. The summed E-state index contributed by atoms with van der Waals surface area (Å²) in [5, 5.41) is 0.861. The van der Waals surface area contributed by atoms with Gasteiger partial charge in [-0.1, -0.05) is 38.5 Å². The summed E-state index contributed by atoms with van der Waals surface area (Å²) in [6, 6.07) is 7.47. The van der Waals surface area contributed by atoms with Gasteiger partial charge in [0.1, 0.15) is 0 Å². The molecule has 1 heterocycles. The number of ether oxygens (including phenoxy) is 2. The number of para-hydroxylation sites is 1. The Kier molecular flexibility index (Phi) is 6.41. The summed E-state index contributed by atoms with van der Waals surface area (Å²) >= 11 is 0. The van der Waals surface area contributed by atoms with Crippen LogP contribution < -0.4 is 0 Å². The van der Waals surface area contributed by atoms with E-state index in [0.29, 0.717) is 12.5 Å². The molecule has 2 rings (SSSR count). The molecule has 0 fully saturated rings. The van der Waals surface area contributed by atoms with Crippen molar-refractivity contribution >= 4 is 23.0 Å². The molecule has 0 aliphatic rings. The van der Waals surface area contributed by atoms with Gasteiger partial charge in [-0.2, -0.15) is 0 Å². The first kappa shape index (κ1) is 18.0. The molecule has 5 heteroatoms. The molecule has 5 nitrogen and oxygen atoms in total. The number of benzene rings is 1. The van der Waals surface area contributed by atoms with E-state index in [4.69, 9.17) is 9.47 Å². The third kappa shape index (κ3) is 4.37. The lowest BCUT2D eigenvalue weighted by atomic mass is 10.0. The van der Waals surface area contributed by atoms with Gasteiger partial charge in [0, 0.05) is 11.6 Å². The average Bonchev–Trinajstić information content (AvgIpc) is 2.97. The van der Waals surface area contributed by atoms with Crippen LogP contribution in [0.15, 0.2) is 30.5 Å². The number of carbonyl (C=O) groups excluding carboxylic acids is 2. The summed E-state index contributed by atoms with van der Waals surface area (Å²) in [5.74, 6) is 0.308. The Balaban J connectivity index is 2.10. The van der Waals surface area contributed by atoms with Crippen molar-refractivity contribution in [3.63, 3.8) is 0 Å². The Labute approximate surface area is 142 Å². The Morgan fingerprint density at radius 3 is 2.71 bits per heavy atom. The van der Waals surface area contributed by atoms with E-state index in [0.717, 1.165) is 35.7 Å². The highest BCUT2D eigenvalue weighted by atomic mass is 16.5. The fourth-order valence-corrected chi connectivity index (χ4v) is 2.63. The van der Waals surface area contributed by atoms with Crippen LogP contribution in [-0.2, 0) is 20.7 Å². The molecule has 1 aromatic carbocycles. The van der Waals surface area contributed by atoms with Crippen molar-refractivity contribution in [3.8, 4) is 0 Å². The Morgan fingerprint density at radius 1 is 1.25 bits per heavy atom. The third-order valence-corrected chi connectivity index (χ3v) is 4.32. The lowest BCUT2D eigenvalue weighted by Gasteiger charge is -2.09. The summed E-state index contributed by atoms with van der Waals surface area (Å²) in [6.45, 7) is 4.76. The maximum atomic E-state index is 12.4. The monoisotopic (exact) mass is 331 g/mol. The van der Waals surface area contributed by atoms with Crippen molar-refractivity contribution in [1.82, 2.24) is 4.57 Å². The van der Waals surface area contributed by atoms with Gasteiger partial charge in [0.25, 0.3) is 0 Å². The number of nitrogens with zero attached hydrogens (tertiary/aromatic N) is 1. The second kappa shape index (κ2) is 8.52. The molecule has 2 aromatic rings. The summed E-state index contributed by atoms with van der Waals surface area (Å²) in [7, 11) is 1.35. The number of hydrogen-bond acceptors (Lipinski definition) is 4. The van der Waals surface area contributed by atoms with E-state index in [1.165, 1.54) is 11.7 Å². The first-order chi connectivity index (χ1) is 11.6. The average molecular weight is 331 g/mol. The molecular formula is C19H25NO4. The molecule has 0 N–H and O–H groups in total. The molecule has 1 aromatic heterocycles. The molecule has 0 saturated heterocycles. The van der Waals surface area contributed by atoms with E-state index >= 15 is 0 Å². The van der Waals surface area contributed by atoms with Gasteiger partial charge in [0.15, 0.2) is 0 Å². The van der Waals surface area contributed by atoms with Crippen molar-refractivity contribution < 1.29 is 19.1 Å². The van der Waals surface area contributed by atoms with Crippen molar-refractivity contribution in [2.75, 3.05) is 13.7 Å². The predicted molar refractivity (Wildman–Crippen MR) is 93.1 cm³/mol. The minimum absolute atomic E-state index is 0.130. The van der Waals surface area contributed by atoms with Crippen molar-refractivity contribution in [2.45, 2.75) is 39.5 Å². The zero-order chi connectivity index (χ0) is 17.5. The fourth-order valence-electron chi connectivity index (χ4n) is 2.63. The van der Waals surface area contributed by atoms with E-state index in [-0.39, 0.29) is 12.4 Å². The number of carbonyl (C=O) groups is 2. The van der Waals surface area contributed by atoms with Gasteiger partial charge >= 0.3 is 12.1 Å². The molecule has 0 radical (unpaired) electrons. The molecule has 0 aliphatic heterocycles. The first-order valence-electron chi connectivity index (χ1n) is 8.39. The highest BCUT2D eigenvalue weighted by Gasteiger charge is 2.16. The SMILES string of the molecule is CCC(C)CCCOC(=O)n1cc(CC(=O)OC)c2ccccc21. The lowest BCUT2D eigenvalue weighted by Crippen LogP contribution is -2.14. The summed E-state index contributed by atoms with van der Waals surface area (Å²) in [4.78, 5) is 23.9. The second-order valence-corrected chi connectivity index (χ2v) is 6.06. The molecule has 24 heavy (non-hydrogen) atoms. The number of fused-ring (bicyclic) bond motifs is 1. The van der Waals surface area contributed by atoms with Crippen LogP contribution in [0.3, 0.4) is 0 Å². The van der Waals surface area contributed by atoms with Gasteiger partial charge in [-0.15, -0.1) is 0 Å². The second-order valence-electron chi connectivity index (χ2n) is 6.06. The van der Waals surface area contributed by atoms with Crippen LogP contribution in [0.5, 0.6) is 0 Å². The molecule has 0 amide bonds. The topological polar surface area (TPSA) is 57.5 Å². The smallest absolute Gasteiger partial charge is 0.418 e. The number of esters is 1. The van der Waals surface area contributed by atoms with Gasteiger partial charge in [-0.05, 0) is 30.4 Å². The van der Waals surface area contributed by atoms with Crippen molar-refractivity contribution in [1.29, 1.82) is 0 Å². The highest BCUT2D eigenvalue weighted by Crippen LogP contribution is 2.22. The zero-order valence-electron chi connectivity index (χ0n) is 14.6. The minimum Gasteiger partial charge on any atom is -0.469 e. The Bertz CT molecular complexity index is 704. The van der Waals surface area contributed by atoms with Crippen molar-refractivity contribution in [3.05, 3.63) is 36.0 Å². The standard InChI is InChI=1S/C19H25NO4/c1-4-14(2)8-7-11-24-19(22)20-13-15(12-18(21)23-3)16-9-5-6-10-17(16)20/h5-6,9-10,13-14H,4,7-8,11-12H2,1-3H3. The largest absolute Gasteiger partial charge is 0.469 e. The van der Waals surface area contributed by atoms with Gasteiger partial charge in [0.2, 0.25) is 0 Å². The highest BCUT2D eigenvalue weighted by molar-refractivity contribution is 5.93. The van der Waals surface area contributed by atoms with Crippen LogP contribution >= 0.6 is 0 Å². The van der Waals surface area contributed by atoms with Gasteiger partial charge in [-0.3, -0.25) is 9.36 Å². The van der Waals surface area contributed by atoms with E-state index in [9.17, 15) is 9.59 Å². The molecule has 1 atom stereocenters. The molecule has 0 aliphatic carbocycles. The summed E-state index contributed by atoms with van der Waals surface area (Å²) in [6.07, 6.45) is 4.42. The summed E-state index contributed by atoms with van der Waals surface area (Å²) < 4.78 is 11.6. The molecule has 0 saturated carbocycles. The predicted octanol–water partition coefficient (Wildman–Crippen LogP) is 4.17. The maximum absolute atomic E-state index is 12.4. The number of hydrogen-bond donors (Lipinski definition) is 0. The zero-order valence-corrected chi connectivity index (χ0v) is 14.6. The van der Waals surface area contributed by atoms with Crippen LogP contribution in [0.2, 0.25) is 0 Å². The van der Waals surface area contributed by atoms with E-state index < -0.39 is 6.09 Å². The third-order valence-electron chi connectivity index (χ3n) is 4.32. The Hall–Kier alpha value is -2.30. The maximum Gasteiger partial charge on any atom is 0.418 e. The summed E-state index contributed by atoms with van der Waals surface area (Å²) in [5.41, 5.74) is 1.50. The molecule has 0 bridgehead atoms. The Morgan fingerprint density at radius 2 is 2.00 bits per heavy atom. The quantitative estimate of drug-likeness (QED) is 0.564. The van der Waals surface area contributed by atoms with E-state index in [1.54, 1.807) is 6.20 Å². The normalized spacial score (nSPS) is 12.1. The first-order valence-corrected chi connectivity index (χ1v) is 8.39.